The molecule has 2 N–H and O–H groups in total. The van der Waals surface area contributed by atoms with Gasteiger partial charge < -0.3 is 15.2 Å². The number of rotatable bonds is 7. The van der Waals surface area contributed by atoms with Crippen LogP contribution in [0, 0.1) is 6.92 Å². The molecule has 1 aromatic carbocycles. The number of ether oxygens (including phenoxy) is 2. The summed E-state index contributed by atoms with van der Waals surface area (Å²) >= 11 is 0. The van der Waals surface area contributed by atoms with Crippen LogP contribution >= 0.6 is 0 Å². The molecule has 100 valence electrons. The van der Waals surface area contributed by atoms with Crippen molar-refractivity contribution in [3.63, 3.8) is 0 Å². The van der Waals surface area contributed by atoms with Crippen molar-refractivity contribution in [1.29, 1.82) is 0 Å². The van der Waals surface area contributed by atoms with Crippen molar-refractivity contribution in [1.82, 2.24) is 0 Å². The highest BCUT2D eigenvalue weighted by Crippen LogP contribution is 2.19. The Hall–Kier alpha value is -1.55. The van der Waals surface area contributed by atoms with Crippen molar-refractivity contribution >= 4 is 5.97 Å². The molecule has 0 bridgehead atoms. The summed E-state index contributed by atoms with van der Waals surface area (Å²) in [5, 5.41) is 0. The number of aryl methyl sites for hydroxylation is 2. The van der Waals surface area contributed by atoms with E-state index in [1.807, 2.05) is 32.0 Å². The number of carbonyl (C=O) groups is 1. The van der Waals surface area contributed by atoms with E-state index in [9.17, 15) is 4.79 Å². The third-order valence-electron chi connectivity index (χ3n) is 2.54. The predicted molar refractivity (Wildman–Crippen MR) is 70.7 cm³/mol. The molecule has 0 aromatic heterocycles. The molecule has 4 nitrogen and oxygen atoms in total. The van der Waals surface area contributed by atoms with Crippen LogP contribution in [0.4, 0.5) is 0 Å². The molecule has 0 unspecified atom stereocenters. The fourth-order valence-electron chi connectivity index (χ4n) is 1.68. The van der Waals surface area contributed by atoms with Gasteiger partial charge in [-0.1, -0.05) is 12.1 Å². The number of benzene rings is 1. The Kier molecular flexibility index (Phi) is 6.22. The molecule has 0 aliphatic rings. The molecule has 0 fully saturated rings. The second-order valence-corrected chi connectivity index (χ2v) is 4.04. The van der Waals surface area contributed by atoms with E-state index in [4.69, 9.17) is 15.2 Å². The Bertz CT molecular complexity index is 391. The van der Waals surface area contributed by atoms with Crippen LogP contribution in [0.5, 0.6) is 5.75 Å². The van der Waals surface area contributed by atoms with Crippen LogP contribution in [-0.2, 0) is 16.0 Å². The van der Waals surface area contributed by atoms with Crippen LogP contribution < -0.4 is 10.5 Å². The maximum Gasteiger partial charge on any atom is 0.306 e. The first-order chi connectivity index (χ1) is 8.67. The minimum atomic E-state index is -0.154. The number of carbonyl (C=O) groups excluding carboxylic acids is 1. The quantitative estimate of drug-likeness (QED) is 0.751. The maximum atomic E-state index is 11.2. The molecule has 0 saturated carbocycles. The second-order valence-electron chi connectivity index (χ2n) is 4.04. The summed E-state index contributed by atoms with van der Waals surface area (Å²) in [6.45, 7) is 5.25. The van der Waals surface area contributed by atoms with Gasteiger partial charge in [0, 0.05) is 13.0 Å². The molecule has 1 aromatic rings. The molecule has 0 radical (unpaired) electrons. The van der Waals surface area contributed by atoms with Gasteiger partial charge in [-0.2, -0.15) is 0 Å². The lowest BCUT2D eigenvalue weighted by Gasteiger charge is -2.09. The van der Waals surface area contributed by atoms with Gasteiger partial charge in [0.25, 0.3) is 0 Å². The minimum absolute atomic E-state index is 0.154. The summed E-state index contributed by atoms with van der Waals surface area (Å²) in [6, 6.07) is 5.93. The first-order valence-electron chi connectivity index (χ1n) is 6.25. The van der Waals surface area contributed by atoms with Gasteiger partial charge in [0.1, 0.15) is 12.4 Å². The van der Waals surface area contributed by atoms with E-state index in [0.29, 0.717) is 32.6 Å². The Morgan fingerprint density at radius 1 is 1.39 bits per heavy atom. The summed E-state index contributed by atoms with van der Waals surface area (Å²) in [4.78, 5) is 11.2. The molecule has 18 heavy (non-hydrogen) atoms. The second kappa shape index (κ2) is 7.71. The Balaban J connectivity index is 2.53. The van der Waals surface area contributed by atoms with E-state index >= 15 is 0 Å². The monoisotopic (exact) mass is 251 g/mol. The van der Waals surface area contributed by atoms with Crippen molar-refractivity contribution in [2.75, 3.05) is 19.8 Å². The van der Waals surface area contributed by atoms with Gasteiger partial charge in [-0.25, -0.2) is 0 Å². The van der Waals surface area contributed by atoms with Crippen LogP contribution in [-0.4, -0.2) is 25.7 Å². The highest BCUT2D eigenvalue weighted by atomic mass is 16.5. The van der Waals surface area contributed by atoms with Gasteiger partial charge in [-0.3, -0.25) is 4.79 Å². The lowest BCUT2D eigenvalue weighted by atomic mass is 10.1. The van der Waals surface area contributed by atoms with Gasteiger partial charge in [0.2, 0.25) is 0 Å². The molecule has 1 rings (SSSR count). The largest absolute Gasteiger partial charge is 0.492 e. The van der Waals surface area contributed by atoms with Crippen molar-refractivity contribution in [2.45, 2.75) is 26.7 Å². The van der Waals surface area contributed by atoms with Gasteiger partial charge in [-0.05, 0) is 37.5 Å². The van der Waals surface area contributed by atoms with E-state index < -0.39 is 0 Å². The van der Waals surface area contributed by atoms with Gasteiger partial charge in [0.05, 0.1) is 6.61 Å². The predicted octanol–water partition coefficient (Wildman–Crippen LogP) is 1.83. The summed E-state index contributed by atoms with van der Waals surface area (Å²) < 4.78 is 10.4. The summed E-state index contributed by atoms with van der Waals surface area (Å²) in [5.74, 6) is 0.693. The normalized spacial score (nSPS) is 10.2. The highest BCUT2D eigenvalue weighted by Gasteiger charge is 2.05. The molecule has 0 aliphatic heterocycles. The lowest BCUT2D eigenvalue weighted by Crippen LogP contribution is -2.11. The SMILES string of the molecule is CCOC(=O)CCc1ccc(OCCN)c(C)c1. The first kappa shape index (κ1) is 14.5. The molecule has 0 aliphatic carbocycles. The average Bonchev–Trinajstić information content (AvgIpc) is 2.35. The Morgan fingerprint density at radius 3 is 2.78 bits per heavy atom. The van der Waals surface area contributed by atoms with Crippen LogP contribution in [0.25, 0.3) is 0 Å². The van der Waals surface area contributed by atoms with Crippen molar-refractivity contribution in [3.05, 3.63) is 29.3 Å². The van der Waals surface area contributed by atoms with Gasteiger partial charge in [0.15, 0.2) is 0 Å². The first-order valence-corrected chi connectivity index (χ1v) is 6.25. The molecule has 0 amide bonds. The van der Waals surface area contributed by atoms with Crippen LogP contribution in [0.1, 0.15) is 24.5 Å². The zero-order valence-corrected chi connectivity index (χ0v) is 11.1. The van der Waals surface area contributed by atoms with Crippen molar-refractivity contribution < 1.29 is 14.3 Å². The average molecular weight is 251 g/mol. The number of esters is 1. The van der Waals surface area contributed by atoms with E-state index in [1.54, 1.807) is 0 Å². The van der Waals surface area contributed by atoms with Gasteiger partial charge in [-0.15, -0.1) is 0 Å². The van der Waals surface area contributed by atoms with E-state index in [-0.39, 0.29) is 5.97 Å². The zero-order valence-electron chi connectivity index (χ0n) is 11.1. The van der Waals surface area contributed by atoms with Crippen LogP contribution in [0.3, 0.4) is 0 Å². The minimum Gasteiger partial charge on any atom is -0.492 e. The number of hydrogen-bond donors (Lipinski definition) is 1. The smallest absolute Gasteiger partial charge is 0.306 e. The molecule has 4 heteroatoms. The third-order valence-corrected chi connectivity index (χ3v) is 2.54. The number of nitrogens with two attached hydrogens (primary N) is 1. The molecule has 0 saturated heterocycles. The Morgan fingerprint density at radius 2 is 2.17 bits per heavy atom. The fourth-order valence-corrected chi connectivity index (χ4v) is 1.68. The molecular formula is C14H21NO3. The zero-order chi connectivity index (χ0) is 13.4. The summed E-state index contributed by atoms with van der Waals surface area (Å²) in [6.07, 6.45) is 1.10. The fraction of sp³-hybridized carbons (Fsp3) is 0.500. The van der Waals surface area contributed by atoms with E-state index in [2.05, 4.69) is 0 Å². The van der Waals surface area contributed by atoms with E-state index in [1.165, 1.54) is 0 Å². The van der Waals surface area contributed by atoms with Gasteiger partial charge >= 0.3 is 5.97 Å². The third kappa shape index (κ3) is 4.75. The summed E-state index contributed by atoms with van der Waals surface area (Å²) in [7, 11) is 0. The van der Waals surface area contributed by atoms with Crippen molar-refractivity contribution in [2.24, 2.45) is 5.73 Å². The van der Waals surface area contributed by atoms with Crippen LogP contribution in [0.2, 0.25) is 0 Å². The van der Waals surface area contributed by atoms with Crippen molar-refractivity contribution in [3.8, 4) is 5.75 Å². The lowest BCUT2D eigenvalue weighted by molar-refractivity contribution is -0.143. The maximum absolute atomic E-state index is 11.2. The van der Waals surface area contributed by atoms with Crippen LogP contribution in [0.15, 0.2) is 18.2 Å². The molecule has 0 atom stereocenters. The topological polar surface area (TPSA) is 61.5 Å². The highest BCUT2D eigenvalue weighted by molar-refractivity contribution is 5.69. The molecule has 0 heterocycles. The molecule has 0 spiro atoms. The molecular weight excluding hydrogens is 230 g/mol. The standard InChI is InChI=1S/C14H21NO3/c1-3-17-14(16)7-5-12-4-6-13(11(2)10-12)18-9-8-15/h4,6,10H,3,5,7-9,15H2,1-2H3. The number of hydrogen-bond acceptors (Lipinski definition) is 4. The Labute approximate surface area is 108 Å². The van der Waals surface area contributed by atoms with E-state index in [0.717, 1.165) is 16.9 Å². The summed E-state index contributed by atoms with van der Waals surface area (Å²) in [5.41, 5.74) is 7.56.